The minimum Gasteiger partial charge on any atom is -0.314 e. The Morgan fingerprint density at radius 3 is 3.23 bits per heavy atom. The first-order valence-electron chi connectivity index (χ1n) is 4.52. The Morgan fingerprint density at radius 2 is 2.62 bits per heavy atom. The monoisotopic (exact) mass is 200 g/mol. The number of nitrogens with zero attached hydrogens (tertiary/aromatic N) is 1. The number of rotatable bonds is 1. The maximum absolute atomic E-state index is 14.3. The molecular weight excluding hydrogens is 187 g/mol. The van der Waals surface area contributed by atoms with E-state index in [4.69, 9.17) is 0 Å². The molecule has 0 bridgehead atoms. The third-order valence-corrected chi connectivity index (χ3v) is 3.12. The largest absolute Gasteiger partial charge is 0.314 e. The van der Waals surface area contributed by atoms with Gasteiger partial charge in [-0.05, 0) is 19.9 Å². The summed E-state index contributed by atoms with van der Waals surface area (Å²) in [5.41, 5.74) is 1.12. The molecule has 0 saturated carbocycles. The smallest absolute Gasteiger partial charge is 0.156 e. The van der Waals surface area contributed by atoms with Crippen molar-refractivity contribution in [2.45, 2.75) is 31.5 Å². The van der Waals surface area contributed by atoms with Crippen LogP contribution in [-0.2, 0) is 5.67 Å². The van der Waals surface area contributed by atoms with Gasteiger partial charge in [0.1, 0.15) is 0 Å². The lowest BCUT2D eigenvalue weighted by molar-refractivity contribution is 0.0906. The maximum Gasteiger partial charge on any atom is 0.156 e. The second-order valence-corrected chi connectivity index (χ2v) is 4.37. The van der Waals surface area contributed by atoms with E-state index in [1.165, 1.54) is 11.3 Å². The number of hydrogen-bond acceptors (Lipinski definition) is 3. The quantitative estimate of drug-likeness (QED) is 0.750. The number of aromatic nitrogens is 1. The minimum atomic E-state index is -1.19. The zero-order valence-corrected chi connectivity index (χ0v) is 8.40. The zero-order chi connectivity index (χ0) is 9.31. The third-order valence-electron chi connectivity index (χ3n) is 2.54. The molecule has 2 rings (SSSR count). The van der Waals surface area contributed by atoms with Crippen molar-refractivity contribution in [1.82, 2.24) is 10.3 Å². The SMILES string of the molecule is CC1CC(F)(c2cscn2)CCN1. The molecule has 1 fully saturated rings. The number of piperidine rings is 1. The van der Waals surface area contributed by atoms with Crippen molar-refractivity contribution in [2.75, 3.05) is 6.54 Å². The fourth-order valence-corrected chi connectivity index (χ4v) is 2.48. The summed E-state index contributed by atoms with van der Waals surface area (Å²) in [6.45, 7) is 2.76. The Hall–Kier alpha value is -0.480. The molecule has 1 N–H and O–H groups in total. The Balaban J connectivity index is 2.20. The highest BCUT2D eigenvalue weighted by Crippen LogP contribution is 2.36. The minimum absolute atomic E-state index is 0.250. The van der Waals surface area contributed by atoms with E-state index in [0.717, 1.165) is 6.54 Å². The fraction of sp³-hybridized carbons (Fsp3) is 0.667. The van der Waals surface area contributed by atoms with Crippen molar-refractivity contribution >= 4 is 11.3 Å². The zero-order valence-electron chi connectivity index (χ0n) is 7.59. The molecule has 0 aliphatic carbocycles. The molecule has 2 atom stereocenters. The molecule has 1 saturated heterocycles. The van der Waals surface area contributed by atoms with Crippen LogP contribution in [0.25, 0.3) is 0 Å². The van der Waals surface area contributed by atoms with Crippen LogP contribution < -0.4 is 5.32 Å². The van der Waals surface area contributed by atoms with E-state index < -0.39 is 5.67 Å². The summed E-state index contributed by atoms with van der Waals surface area (Å²) < 4.78 is 14.3. The van der Waals surface area contributed by atoms with E-state index in [-0.39, 0.29) is 6.04 Å². The lowest BCUT2D eigenvalue weighted by atomic mass is 9.88. The molecule has 1 aliphatic heterocycles. The van der Waals surface area contributed by atoms with Gasteiger partial charge in [-0.1, -0.05) is 0 Å². The molecule has 2 unspecified atom stereocenters. The van der Waals surface area contributed by atoms with Gasteiger partial charge < -0.3 is 5.32 Å². The lowest BCUT2D eigenvalue weighted by Crippen LogP contribution is -2.42. The molecule has 0 amide bonds. The molecule has 2 nitrogen and oxygen atoms in total. The van der Waals surface area contributed by atoms with Crippen molar-refractivity contribution in [3.8, 4) is 0 Å². The highest BCUT2D eigenvalue weighted by molar-refractivity contribution is 7.07. The van der Waals surface area contributed by atoms with Crippen molar-refractivity contribution in [1.29, 1.82) is 0 Å². The van der Waals surface area contributed by atoms with Gasteiger partial charge in [-0.2, -0.15) is 0 Å². The Labute approximate surface area is 81.2 Å². The van der Waals surface area contributed by atoms with E-state index in [1.54, 1.807) is 5.51 Å². The van der Waals surface area contributed by atoms with Gasteiger partial charge >= 0.3 is 0 Å². The van der Waals surface area contributed by atoms with Gasteiger partial charge in [0.15, 0.2) is 5.67 Å². The number of alkyl halides is 1. The first kappa shape index (κ1) is 9.09. The van der Waals surface area contributed by atoms with Gasteiger partial charge in [-0.3, -0.25) is 0 Å². The van der Waals surface area contributed by atoms with E-state index >= 15 is 0 Å². The number of thiazole rings is 1. The summed E-state index contributed by atoms with van der Waals surface area (Å²) in [7, 11) is 0. The van der Waals surface area contributed by atoms with Gasteiger partial charge in [0.05, 0.1) is 11.2 Å². The Morgan fingerprint density at radius 1 is 1.77 bits per heavy atom. The molecule has 72 valence electrons. The molecule has 1 aromatic heterocycles. The van der Waals surface area contributed by atoms with Crippen LogP contribution in [0.2, 0.25) is 0 Å². The van der Waals surface area contributed by atoms with Gasteiger partial charge in [-0.25, -0.2) is 9.37 Å². The maximum atomic E-state index is 14.3. The average molecular weight is 200 g/mol. The van der Waals surface area contributed by atoms with Crippen molar-refractivity contribution < 1.29 is 4.39 Å². The molecule has 0 radical (unpaired) electrons. The van der Waals surface area contributed by atoms with Crippen LogP contribution >= 0.6 is 11.3 Å². The fourth-order valence-electron chi connectivity index (χ4n) is 1.84. The molecular formula is C9H13FN2S. The van der Waals surface area contributed by atoms with Gasteiger partial charge in [-0.15, -0.1) is 11.3 Å². The van der Waals surface area contributed by atoms with Crippen LogP contribution in [0.4, 0.5) is 4.39 Å². The van der Waals surface area contributed by atoms with E-state index in [1.807, 2.05) is 12.3 Å². The third kappa shape index (κ3) is 1.74. The van der Waals surface area contributed by atoms with Crippen molar-refractivity contribution in [3.05, 3.63) is 16.6 Å². The summed E-state index contributed by atoms with van der Waals surface area (Å²) in [4.78, 5) is 4.06. The topological polar surface area (TPSA) is 24.9 Å². The molecule has 13 heavy (non-hydrogen) atoms. The Bertz CT molecular complexity index is 275. The summed E-state index contributed by atoms with van der Waals surface area (Å²) in [6.07, 6.45) is 1.08. The lowest BCUT2D eigenvalue weighted by Gasteiger charge is -2.32. The van der Waals surface area contributed by atoms with Gasteiger partial charge in [0, 0.05) is 17.8 Å². The number of nitrogens with one attached hydrogen (secondary N) is 1. The highest BCUT2D eigenvalue weighted by atomic mass is 32.1. The van der Waals surface area contributed by atoms with E-state index in [0.29, 0.717) is 18.5 Å². The first-order valence-corrected chi connectivity index (χ1v) is 5.46. The van der Waals surface area contributed by atoms with E-state index in [9.17, 15) is 4.39 Å². The van der Waals surface area contributed by atoms with Crippen LogP contribution in [-0.4, -0.2) is 17.6 Å². The number of halogens is 1. The molecule has 0 spiro atoms. The molecule has 0 aromatic carbocycles. The Kier molecular flexibility index (Phi) is 2.34. The predicted molar refractivity (Wildman–Crippen MR) is 51.6 cm³/mol. The van der Waals surface area contributed by atoms with Crippen LogP contribution in [0, 0.1) is 0 Å². The van der Waals surface area contributed by atoms with Gasteiger partial charge in [0.25, 0.3) is 0 Å². The van der Waals surface area contributed by atoms with Gasteiger partial charge in [0.2, 0.25) is 0 Å². The highest BCUT2D eigenvalue weighted by Gasteiger charge is 2.37. The standard InChI is InChI=1S/C9H13FN2S/c1-7-4-9(10,2-3-11-7)8-5-13-6-12-8/h5-7,11H,2-4H2,1H3. The second-order valence-electron chi connectivity index (χ2n) is 3.65. The summed E-state index contributed by atoms with van der Waals surface area (Å²) in [6, 6.07) is 0.250. The van der Waals surface area contributed by atoms with Crippen LogP contribution in [0.5, 0.6) is 0 Å². The number of hydrogen-bond donors (Lipinski definition) is 1. The van der Waals surface area contributed by atoms with Crippen LogP contribution in [0.15, 0.2) is 10.9 Å². The first-order chi connectivity index (χ1) is 6.21. The molecule has 1 aliphatic rings. The molecule has 2 heterocycles. The summed E-state index contributed by atoms with van der Waals surface area (Å²) in [5.74, 6) is 0. The molecule has 4 heteroatoms. The summed E-state index contributed by atoms with van der Waals surface area (Å²) >= 11 is 1.46. The van der Waals surface area contributed by atoms with Crippen LogP contribution in [0.3, 0.4) is 0 Å². The normalized spacial score (nSPS) is 34.8. The second kappa shape index (κ2) is 3.35. The molecule has 1 aromatic rings. The van der Waals surface area contributed by atoms with E-state index in [2.05, 4.69) is 10.3 Å². The van der Waals surface area contributed by atoms with Crippen LogP contribution in [0.1, 0.15) is 25.5 Å². The van der Waals surface area contributed by atoms with Crippen molar-refractivity contribution in [2.24, 2.45) is 0 Å². The predicted octanol–water partition coefficient (Wildman–Crippen LogP) is 2.08. The van der Waals surface area contributed by atoms with Crippen molar-refractivity contribution in [3.63, 3.8) is 0 Å². The summed E-state index contributed by atoms with van der Waals surface area (Å²) in [5, 5.41) is 5.05. The average Bonchev–Trinajstić information content (AvgIpc) is 2.55.